The quantitative estimate of drug-likeness (QED) is 0.591. The van der Waals surface area contributed by atoms with E-state index in [1.165, 1.54) is 37.1 Å². The molecule has 6 heteroatoms. The van der Waals surface area contributed by atoms with E-state index in [0.29, 0.717) is 18.5 Å². The largest absolute Gasteiger partial charge is 0.359 e. The highest BCUT2D eigenvalue weighted by molar-refractivity contribution is 5.78. The third kappa shape index (κ3) is 7.01. The Bertz CT molecular complexity index is 1020. The molecule has 2 aromatic carbocycles. The van der Waals surface area contributed by atoms with Gasteiger partial charge < -0.3 is 10.2 Å². The number of amides is 1. The number of carbonyl (C=O) groups is 1. The van der Waals surface area contributed by atoms with E-state index in [4.69, 9.17) is 0 Å². The van der Waals surface area contributed by atoms with E-state index in [9.17, 15) is 4.79 Å². The maximum atomic E-state index is 13.1. The van der Waals surface area contributed by atoms with Crippen molar-refractivity contribution in [3.63, 3.8) is 0 Å². The van der Waals surface area contributed by atoms with E-state index >= 15 is 0 Å². The summed E-state index contributed by atoms with van der Waals surface area (Å²) < 4.78 is 0. The first kappa shape index (κ1) is 26.0. The number of piperidine rings is 1. The third-order valence-electron chi connectivity index (χ3n) is 8.47. The number of hydrogen-bond acceptors (Lipinski definition) is 5. The Morgan fingerprint density at radius 3 is 2.24 bits per heavy atom. The molecular weight excluding hydrogens is 458 g/mol. The van der Waals surface area contributed by atoms with E-state index < -0.39 is 0 Å². The first-order chi connectivity index (χ1) is 18.0. The van der Waals surface area contributed by atoms with Crippen LogP contribution in [0, 0.1) is 12.8 Å². The second-order valence-corrected chi connectivity index (χ2v) is 11.1. The molecule has 0 bridgehead atoms. The number of carbonyl (C=O) groups excluding carboxylic acids is 1. The zero-order valence-corrected chi connectivity index (χ0v) is 22.4. The molecule has 0 radical (unpaired) electrons. The molecule has 1 atom stereocenters. The summed E-state index contributed by atoms with van der Waals surface area (Å²) in [5.74, 6) is 0.675. The molecule has 3 aliphatic rings. The van der Waals surface area contributed by atoms with Crippen molar-refractivity contribution in [3.05, 3.63) is 78.0 Å². The average molecular weight is 502 g/mol. The van der Waals surface area contributed by atoms with Gasteiger partial charge in [-0.25, -0.2) is 0 Å². The fourth-order valence-electron chi connectivity index (χ4n) is 6.10. The van der Waals surface area contributed by atoms with Gasteiger partial charge in [0, 0.05) is 62.6 Å². The summed E-state index contributed by atoms with van der Waals surface area (Å²) in [4.78, 5) is 22.7. The van der Waals surface area contributed by atoms with Crippen LogP contribution in [0.3, 0.4) is 0 Å². The van der Waals surface area contributed by atoms with Crippen LogP contribution in [0.2, 0.25) is 0 Å². The number of anilines is 1. The van der Waals surface area contributed by atoms with Crippen molar-refractivity contribution in [2.45, 2.75) is 38.8 Å². The van der Waals surface area contributed by atoms with Crippen LogP contribution in [-0.4, -0.2) is 90.5 Å². The van der Waals surface area contributed by atoms with Gasteiger partial charge in [0.05, 0.1) is 6.54 Å². The van der Waals surface area contributed by atoms with Crippen LogP contribution in [0.4, 0.5) is 5.69 Å². The summed E-state index contributed by atoms with van der Waals surface area (Å²) in [6, 6.07) is 19.9. The fourth-order valence-corrected chi connectivity index (χ4v) is 6.10. The second-order valence-electron chi connectivity index (χ2n) is 11.1. The van der Waals surface area contributed by atoms with Crippen LogP contribution >= 0.6 is 0 Å². The maximum Gasteiger partial charge on any atom is 0.236 e. The molecule has 198 valence electrons. The molecule has 5 rings (SSSR count). The van der Waals surface area contributed by atoms with Crippen molar-refractivity contribution in [2.24, 2.45) is 5.92 Å². The normalized spacial score (nSPS) is 22.3. The lowest BCUT2D eigenvalue weighted by atomic mass is 10.0. The molecule has 37 heavy (non-hydrogen) atoms. The van der Waals surface area contributed by atoms with Gasteiger partial charge >= 0.3 is 0 Å². The average Bonchev–Trinajstić information content (AvgIpc) is 3.40. The molecule has 2 aromatic rings. The van der Waals surface area contributed by atoms with Crippen LogP contribution in [0.1, 0.15) is 30.4 Å². The Morgan fingerprint density at radius 1 is 0.865 bits per heavy atom. The highest BCUT2D eigenvalue weighted by Gasteiger charge is 2.31. The minimum atomic E-state index is 0.287. The van der Waals surface area contributed by atoms with E-state index in [1.54, 1.807) is 0 Å². The number of nitrogens with zero attached hydrogens (tertiary/aromatic N) is 4. The summed E-state index contributed by atoms with van der Waals surface area (Å²) >= 11 is 0. The van der Waals surface area contributed by atoms with E-state index in [2.05, 4.69) is 93.0 Å². The number of rotatable bonds is 8. The highest BCUT2D eigenvalue weighted by atomic mass is 16.2. The topological polar surface area (TPSA) is 42.1 Å². The van der Waals surface area contributed by atoms with Crippen molar-refractivity contribution in [3.8, 4) is 0 Å². The number of aryl methyl sites for hydroxylation is 1. The molecule has 3 fully saturated rings. The third-order valence-corrected chi connectivity index (χ3v) is 8.47. The summed E-state index contributed by atoms with van der Waals surface area (Å²) in [6.07, 6.45) is 3.52. The standard InChI is InChI=1S/C31H43N5O/c1-25-8-10-29(11-9-25)32-26(2)28-12-15-34(23-28)24-31(37)36-20-18-35(19-21-36)30-13-16-33(17-14-30)22-27-6-4-3-5-7-27/h3-11,28,30,32H,2,12-24H2,1H3. The van der Waals surface area contributed by atoms with Gasteiger partial charge in [-0.05, 0) is 63.5 Å². The first-order valence-corrected chi connectivity index (χ1v) is 14.1. The Labute approximate surface area is 222 Å². The van der Waals surface area contributed by atoms with Crippen molar-refractivity contribution in [1.29, 1.82) is 0 Å². The molecular formula is C31H43N5O. The molecule has 3 heterocycles. The predicted octanol–water partition coefficient (Wildman–Crippen LogP) is 4.05. The number of piperazine rings is 1. The molecule has 0 aromatic heterocycles. The van der Waals surface area contributed by atoms with Crippen LogP contribution < -0.4 is 5.32 Å². The lowest BCUT2D eigenvalue weighted by molar-refractivity contribution is -0.134. The Hall–Kier alpha value is -2.67. The molecule has 1 unspecified atom stereocenters. The van der Waals surface area contributed by atoms with Crippen molar-refractivity contribution in [1.82, 2.24) is 19.6 Å². The number of benzene rings is 2. The smallest absolute Gasteiger partial charge is 0.236 e. The van der Waals surface area contributed by atoms with Gasteiger partial charge in [-0.15, -0.1) is 0 Å². The Balaban J connectivity index is 1.00. The lowest BCUT2D eigenvalue weighted by Crippen LogP contribution is -2.55. The minimum Gasteiger partial charge on any atom is -0.359 e. The molecule has 3 aliphatic heterocycles. The monoisotopic (exact) mass is 501 g/mol. The molecule has 0 saturated carbocycles. The van der Waals surface area contributed by atoms with Gasteiger partial charge in [0.1, 0.15) is 0 Å². The van der Waals surface area contributed by atoms with Gasteiger partial charge in [0.15, 0.2) is 0 Å². The fraction of sp³-hybridized carbons (Fsp3) is 0.516. The maximum absolute atomic E-state index is 13.1. The molecule has 1 N–H and O–H groups in total. The minimum absolute atomic E-state index is 0.287. The van der Waals surface area contributed by atoms with Gasteiger partial charge in [0.25, 0.3) is 0 Å². The van der Waals surface area contributed by atoms with Gasteiger partial charge in [-0.2, -0.15) is 0 Å². The van der Waals surface area contributed by atoms with Crippen LogP contribution in [0.25, 0.3) is 0 Å². The number of likely N-dealkylation sites (tertiary alicyclic amines) is 2. The Kier molecular flexibility index (Phi) is 8.59. The molecule has 6 nitrogen and oxygen atoms in total. The summed E-state index contributed by atoms with van der Waals surface area (Å²) in [5, 5.41) is 3.47. The number of nitrogens with one attached hydrogen (secondary N) is 1. The second kappa shape index (κ2) is 12.2. The van der Waals surface area contributed by atoms with Crippen LogP contribution in [0.15, 0.2) is 66.9 Å². The Morgan fingerprint density at radius 2 is 1.54 bits per heavy atom. The highest BCUT2D eigenvalue weighted by Crippen LogP contribution is 2.25. The molecule has 0 aliphatic carbocycles. The molecule has 1 amide bonds. The van der Waals surface area contributed by atoms with Crippen LogP contribution in [-0.2, 0) is 11.3 Å². The van der Waals surface area contributed by atoms with E-state index in [0.717, 1.165) is 63.6 Å². The van der Waals surface area contributed by atoms with E-state index in [-0.39, 0.29) is 5.91 Å². The molecule has 0 spiro atoms. The zero-order valence-electron chi connectivity index (χ0n) is 22.4. The van der Waals surface area contributed by atoms with Gasteiger partial charge in [-0.3, -0.25) is 19.5 Å². The summed E-state index contributed by atoms with van der Waals surface area (Å²) in [5.41, 5.74) is 4.81. The van der Waals surface area contributed by atoms with Crippen LogP contribution in [0.5, 0.6) is 0 Å². The lowest BCUT2D eigenvalue weighted by Gasteiger charge is -2.43. The van der Waals surface area contributed by atoms with Crippen molar-refractivity contribution < 1.29 is 4.79 Å². The number of hydrogen-bond donors (Lipinski definition) is 1. The zero-order chi connectivity index (χ0) is 25.6. The van der Waals surface area contributed by atoms with Crippen molar-refractivity contribution in [2.75, 3.05) is 64.2 Å². The summed E-state index contributed by atoms with van der Waals surface area (Å²) in [7, 11) is 0. The SMILES string of the molecule is C=C(Nc1ccc(C)cc1)C1CCN(CC(=O)N2CCN(C3CCN(Cc4ccccc4)CC3)CC2)C1. The van der Waals surface area contributed by atoms with Gasteiger partial charge in [0.2, 0.25) is 5.91 Å². The van der Waals surface area contributed by atoms with E-state index in [1.807, 2.05) is 0 Å². The molecule has 3 saturated heterocycles. The van der Waals surface area contributed by atoms with Gasteiger partial charge in [-0.1, -0.05) is 54.6 Å². The predicted molar refractivity (Wildman–Crippen MR) is 151 cm³/mol. The summed E-state index contributed by atoms with van der Waals surface area (Å²) in [6.45, 7) is 15.9. The first-order valence-electron chi connectivity index (χ1n) is 14.1. The van der Waals surface area contributed by atoms with Crippen molar-refractivity contribution >= 4 is 11.6 Å².